The molecule has 0 aromatic heterocycles. The molecule has 38 heavy (non-hydrogen) atoms. The second-order valence-corrected chi connectivity index (χ2v) is 12.0. The molecule has 5 rings (SSSR count). The molecule has 3 aliphatic carbocycles. The van der Waals surface area contributed by atoms with Crippen LogP contribution >= 0.6 is 0 Å². The van der Waals surface area contributed by atoms with E-state index in [0.717, 1.165) is 43.2 Å². The van der Waals surface area contributed by atoms with Crippen LogP contribution in [0.1, 0.15) is 81.8 Å². The van der Waals surface area contributed by atoms with Crippen molar-refractivity contribution in [3.63, 3.8) is 0 Å². The third-order valence-electron chi connectivity index (χ3n) is 9.72. The average molecular weight is 519 g/mol. The summed E-state index contributed by atoms with van der Waals surface area (Å²) in [5, 5.41) is 24.4. The van der Waals surface area contributed by atoms with Gasteiger partial charge in [0.05, 0.1) is 23.3 Å². The quantitative estimate of drug-likeness (QED) is 0.408. The summed E-state index contributed by atoms with van der Waals surface area (Å²) in [5.41, 5.74) is 4.51. The Morgan fingerprint density at radius 1 is 0.684 bits per heavy atom. The summed E-state index contributed by atoms with van der Waals surface area (Å²) >= 11 is 0. The highest BCUT2D eigenvalue weighted by molar-refractivity contribution is 6.05. The SMILES string of the molecule is NC(=O)C1(C(=O)N(C(Cc2ccccc2)C2(O)CCCC2)C(Cc2ccccc2)C2(O)CCCC2)CCC1. The molecule has 204 valence electrons. The summed E-state index contributed by atoms with van der Waals surface area (Å²) in [4.78, 5) is 29.4. The van der Waals surface area contributed by atoms with Crippen LogP contribution in [-0.2, 0) is 22.4 Å². The summed E-state index contributed by atoms with van der Waals surface area (Å²) in [5.74, 6) is -0.897. The zero-order valence-electron chi connectivity index (χ0n) is 22.4. The number of amides is 2. The Balaban J connectivity index is 1.66. The number of hydrogen-bond donors (Lipinski definition) is 3. The smallest absolute Gasteiger partial charge is 0.238 e. The van der Waals surface area contributed by atoms with Gasteiger partial charge in [-0.25, -0.2) is 0 Å². The summed E-state index contributed by atoms with van der Waals surface area (Å²) < 4.78 is 0. The maximum Gasteiger partial charge on any atom is 0.238 e. The Bertz CT molecular complexity index is 1040. The van der Waals surface area contributed by atoms with Crippen molar-refractivity contribution in [2.75, 3.05) is 0 Å². The fourth-order valence-electron chi connectivity index (χ4n) is 7.25. The maximum atomic E-state index is 14.8. The van der Waals surface area contributed by atoms with Crippen LogP contribution in [0.25, 0.3) is 0 Å². The average Bonchev–Trinajstić information content (AvgIpc) is 3.53. The topological polar surface area (TPSA) is 104 Å². The first-order chi connectivity index (χ1) is 18.3. The van der Waals surface area contributed by atoms with Gasteiger partial charge in [-0.2, -0.15) is 0 Å². The number of nitrogens with two attached hydrogens (primary N) is 1. The Kier molecular flexibility index (Phi) is 7.65. The first-order valence-electron chi connectivity index (χ1n) is 14.4. The molecule has 6 nitrogen and oxygen atoms in total. The van der Waals surface area contributed by atoms with Crippen LogP contribution in [0.4, 0.5) is 0 Å². The van der Waals surface area contributed by atoms with Crippen molar-refractivity contribution in [1.29, 1.82) is 0 Å². The first-order valence-corrected chi connectivity index (χ1v) is 14.4. The number of primary amides is 1. The highest BCUT2D eigenvalue weighted by Crippen LogP contribution is 2.48. The molecule has 2 aromatic rings. The number of hydrogen-bond acceptors (Lipinski definition) is 4. The molecule has 2 unspecified atom stereocenters. The minimum absolute atomic E-state index is 0.307. The Hall–Kier alpha value is -2.70. The van der Waals surface area contributed by atoms with Gasteiger partial charge in [-0.05, 0) is 62.5 Å². The van der Waals surface area contributed by atoms with Crippen molar-refractivity contribution in [3.05, 3.63) is 71.8 Å². The van der Waals surface area contributed by atoms with Gasteiger partial charge in [0.1, 0.15) is 5.41 Å². The molecule has 0 heterocycles. The van der Waals surface area contributed by atoms with Crippen molar-refractivity contribution in [1.82, 2.24) is 4.90 Å². The predicted molar refractivity (Wildman–Crippen MR) is 147 cm³/mol. The van der Waals surface area contributed by atoms with Gasteiger partial charge in [0.25, 0.3) is 0 Å². The second kappa shape index (κ2) is 10.8. The Morgan fingerprint density at radius 2 is 1.08 bits per heavy atom. The number of benzene rings is 2. The Labute approximate surface area is 226 Å². The van der Waals surface area contributed by atoms with E-state index in [9.17, 15) is 19.8 Å². The van der Waals surface area contributed by atoms with Crippen LogP contribution in [0.15, 0.2) is 60.7 Å². The molecule has 2 aromatic carbocycles. The summed E-state index contributed by atoms with van der Waals surface area (Å²) in [6, 6.07) is 18.8. The fraction of sp³-hybridized carbons (Fsp3) is 0.562. The molecule has 0 radical (unpaired) electrons. The summed E-state index contributed by atoms with van der Waals surface area (Å²) in [6.07, 6.45) is 8.44. The molecule has 0 spiro atoms. The second-order valence-electron chi connectivity index (χ2n) is 12.0. The van der Waals surface area contributed by atoms with Gasteiger partial charge in [0.2, 0.25) is 11.8 Å². The number of aliphatic hydroxyl groups is 2. The van der Waals surface area contributed by atoms with Gasteiger partial charge in [-0.15, -0.1) is 0 Å². The van der Waals surface area contributed by atoms with E-state index in [1.54, 1.807) is 4.90 Å². The normalized spacial score (nSPS) is 22.8. The largest absolute Gasteiger partial charge is 0.388 e. The molecule has 3 saturated carbocycles. The van der Waals surface area contributed by atoms with E-state index in [4.69, 9.17) is 5.73 Å². The number of carbonyl (C=O) groups excluding carboxylic acids is 2. The standard InChI is InChI=1S/C32H42N2O4/c33-28(35)30(16-11-17-30)29(36)34(26(31(37)18-7-8-19-31)22-24-12-3-1-4-13-24)27(32(38)20-9-10-21-32)23-25-14-5-2-6-15-25/h1-6,12-15,26-27,37-38H,7-11,16-23H2,(H2,33,35). The van der Waals surface area contributed by atoms with E-state index in [1.165, 1.54) is 0 Å². The molecule has 0 aliphatic heterocycles. The molecule has 3 aliphatic rings. The van der Waals surface area contributed by atoms with Crippen LogP contribution in [0.5, 0.6) is 0 Å². The molecule has 0 saturated heterocycles. The van der Waals surface area contributed by atoms with Gasteiger partial charge in [0, 0.05) is 0 Å². The van der Waals surface area contributed by atoms with Gasteiger partial charge in [-0.3, -0.25) is 9.59 Å². The third-order valence-corrected chi connectivity index (χ3v) is 9.72. The lowest BCUT2D eigenvalue weighted by molar-refractivity contribution is -0.175. The van der Waals surface area contributed by atoms with Crippen molar-refractivity contribution >= 4 is 11.8 Å². The molecule has 6 heteroatoms. The highest BCUT2D eigenvalue weighted by Gasteiger charge is 2.58. The molecule has 2 amide bonds. The lowest BCUT2D eigenvalue weighted by Crippen LogP contribution is -2.68. The molecular weight excluding hydrogens is 476 g/mol. The molecule has 4 N–H and O–H groups in total. The number of nitrogens with zero attached hydrogens (tertiary/aromatic N) is 1. The first kappa shape index (κ1) is 26.9. The van der Waals surface area contributed by atoms with Gasteiger partial charge < -0.3 is 20.8 Å². The van der Waals surface area contributed by atoms with Gasteiger partial charge in [0.15, 0.2) is 0 Å². The fourth-order valence-corrected chi connectivity index (χ4v) is 7.25. The molecule has 0 bridgehead atoms. The lowest BCUT2D eigenvalue weighted by atomic mass is 9.66. The van der Waals surface area contributed by atoms with Crippen molar-refractivity contribution in [2.24, 2.45) is 11.1 Å². The van der Waals surface area contributed by atoms with Gasteiger partial charge in [-0.1, -0.05) is 92.8 Å². The van der Waals surface area contributed by atoms with Crippen molar-refractivity contribution in [3.8, 4) is 0 Å². The van der Waals surface area contributed by atoms with Crippen molar-refractivity contribution in [2.45, 2.75) is 107 Å². The van der Waals surface area contributed by atoms with E-state index in [0.29, 0.717) is 51.4 Å². The lowest BCUT2D eigenvalue weighted by Gasteiger charge is -2.53. The Morgan fingerprint density at radius 3 is 1.39 bits per heavy atom. The van der Waals surface area contributed by atoms with Crippen LogP contribution < -0.4 is 5.73 Å². The van der Waals surface area contributed by atoms with Crippen LogP contribution in [0.2, 0.25) is 0 Å². The molecular formula is C32H42N2O4. The van der Waals surface area contributed by atoms with E-state index in [2.05, 4.69) is 0 Å². The monoisotopic (exact) mass is 518 g/mol. The van der Waals surface area contributed by atoms with Crippen LogP contribution in [0.3, 0.4) is 0 Å². The van der Waals surface area contributed by atoms with E-state index < -0.39 is 34.6 Å². The zero-order valence-corrected chi connectivity index (χ0v) is 22.4. The highest BCUT2D eigenvalue weighted by atomic mass is 16.3. The van der Waals surface area contributed by atoms with Crippen LogP contribution in [-0.4, -0.2) is 50.2 Å². The van der Waals surface area contributed by atoms with Crippen molar-refractivity contribution < 1.29 is 19.8 Å². The molecule has 3 fully saturated rings. The zero-order chi connectivity index (χ0) is 26.8. The maximum absolute atomic E-state index is 14.8. The van der Waals surface area contributed by atoms with Crippen LogP contribution in [0, 0.1) is 5.41 Å². The van der Waals surface area contributed by atoms with E-state index in [1.807, 2.05) is 60.7 Å². The number of rotatable bonds is 10. The third kappa shape index (κ3) is 5.01. The summed E-state index contributed by atoms with van der Waals surface area (Å²) in [7, 11) is 0. The minimum atomic E-state index is -1.27. The predicted octanol–water partition coefficient (Wildman–Crippen LogP) is 4.30. The summed E-state index contributed by atoms with van der Waals surface area (Å²) in [6.45, 7) is 0. The van der Waals surface area contributed by atoms with E-state index >= 15 is 0 Å². The van der Waals surface area contributed by atoms with Gasteiger partial charge >= 0.3 is 0 Å². The van der Waals surface area contributed by atoms with E-state index in [-0.39, 0.29) is 5.91 Å². The minimum Gasteiger partial charge on any atom is -0.388 e. The molecule has 2 atom stereocenters. The number of carbonyl (C=O) groups is 2.